The van der Waals surface area contributed by atoms with Crippen molar-refractivity contribution in [2.24, 2.45) is 5.41 Å². The van der Waals surface area contributed by atoms with Crippen molar-refractivity contribution in [1.82, 2.24) is 10.3 Å². The lowest BCUT2D eigenvalue weighted by molar-refractivity contribution is 0.0934. The highest BCUT2D eigenvalue weighted by molar-refractivity contribution is 5.91. The third kappa shape index (κ3) is 4.21. The van der Waals surface area contributed by atoms with Crippen molar-refractivity contribution >= 4 is 5.91 Å². The van der Waals surface area contributed by atoms with E-state index in [0.29, 0.717) is 18.1 Å². The van der Waals surface area contributed by atoms with Gasteiger partial charge in [-0.2, -0.15) is 0 Å². The number of carbonyl (C=O) groups is 1. The summed E-state index contributed by atoms with van der Waals surface area (Å²) in [5, 5.41) is 2.84. The van der Waals surface area contributed by atoms with Crippen LogP contribution in [0.15, 0.2) is 10.7 Å². The second kappa shape index (κ2) is 4.51. The van der Waals surface area contributed by atoms with Gasteiger partial charge in [-0.25, -0.2) is 4.98 Å². The maximum atomic E-state index is 11.8. The molecule has 1 amide bonds. The summed E-state index contributed by atoms with van der Waals surface area (Å²) in [6.45, 7) is 12.8. The number of nitrogens with one attached hydrogen (secondary N) is 1. The van der Waals surface area contributed by atoms with E-state index in [1.807, 2.05) is 20.8 Å². The molecule has 0 aromatic carbocycles. The van der Waals surface area contributed by atoms with Crippen molar-refractivity contribution in [2.45, 2.75) is 47.0 Å². The van der Waals surface area contributed by atoms with E-state index in [0.717, 1.165) is 0 Å². The molecule has 0 saturated heterocycles. The summed E-state index contributed by atoms with van der Waals surface area (Å²) in [4.78, 5) is 16.0. The molecule has 0 saturated carbocycles. The van der Waals surface area contributed by atoms with Gasteiger partial charge < -0.3 is 9.73 Å². The number of hydrogen-bond donors (Lipinski definition) is 1. The van der Waals surface area contributed by atoms with Gasteiger partial charge in [-0.15, -0.1) is 0 Å². The number of amides is 1. The fourth-order valence-electron chi connectivity index (χ4n) is 1.16. The molecule has 0 aliphatic carbocycles. The van der Waals surface area contributed by atoms with E-state index in [2.05, 4.69) is 31.1 Å². The summed E-state index contributed by atoms with van der Waals surface area (Å²) >= 11 is 0. The Balaban J connectivity index is 2.68. The highest BCUT2D eigenvalue weighted by atomic mass is 16.3. The van der Waals surface area contributed by atoms with Crippen LogP contribution in [-0.2, 0) is 5.41 Å². The summed E-state index contributed by atoms with van der Waals surface area (Å²) in [6, 6.07) is 0. The van der Waals surface area contributed by atoms with Crippen molar-refractivity contribution in [3.8, 4) is 0 Å². The number of nitrogens with zero attached hydrogens (tertiary/aromatic N) is 1. The first-order valence-electron chi connectivity index (χ1n) is 5.84. The lowest BCUT2D eigenvalue weighted by Gasteiger charge is -2.18. The maximum absolute atomic E-state index is 11.8. The predicted octanol–water partition coefficient (Wildman–Crippen LogP) is 2.75. The van der Waals surface area contributed by atoms with Crippen LogP contribution in [0.4, 0.5) is 0 Å². The van der Waals surface area contributed by atoms with Gasteiger partial charge in [0.2, 0.25) is 0 Å². The Hall–Kier alpha value is -1.32. The van der Waals surface area contributed by atoms with Gasteiger partial charge in [0.15, 0.2) is 11.6 Å². The molecule has 0 spiro atoms. The number of oxazole rings is 1. The van der Waals surface area contributed by atoms with Crippen LogP contribution in [0.5, 0.6) is 0 Å². The lowest BCUT2D eigenvalue weighted by atomic mass is 9.97. The Morgan fingerprint density at radius 1 is 1.29 bits per heavy atom. The predicted molar refractivity (Wildman–Crippen MR) is 67.0 cm³/mol. The molecule has 1 aromatic rings. The zero-order chi connectivity index (χ0) is 13.3. The Labute approximate surface area is 103 Å². The van der Waals surface area contributed by atoms with Crippen molar-refractivity contribution in [3.05, 3.63) is 17.8 Å². The monoisotopic (exact) mass is 238 g/mol. The van der Waals surface area contributed by atoms with Crippen LogP contribution in [-0.4, -0.2) is 17.4 Å². The second-order valence-electron chi connectivity index (χ2n) is 6.53. The average molecular weight is 238 g/mol. The average Bonchev–Trinajstić information content (AvgIpc) is 2.60. The summed E-state index contributed by atoms with van der Waals surface area (Å²) in [5.74, 6) is 0.401. The third-order valence-electron chi connectivity index (χ3n) is 2.16. The van der Waals surface area contributed by atoms with Crippen molar-refractivity contribution < 1.29 is 9.21 Å². The van der Waals surface area contributed by atoms with E-state index in [1.54, 1.807) is 0 Å². The van der Waals surface area contributed by atoms with Crippen LogP contribution < -0.4 is 5.32 Å². The van der Waals surface area contributed by atoms with E-state index < -0.39 is 0 Å². The van der Waals surface area contributed by atoms with E-state index in [9.17, 15) is 4.79 Å². The molecule has 96 valence electrons. The largest absolute Gasteiger partial charge is 0.448 e. The first-order chi connectivity index (χ1) is 7.59. The van der Waals surface area contributed by atoms with E-state index in [4.69, 9.17) is 4.42 Å². The van der Waals surface area contributed by atoms with Gasteiger partial charge in [0, 0.05) is 12.0 Å². The van der Waals surface area contributed by atoms with Gasteiger partial charge in [0.05, 0.1) is 0 Å². The number of carbonyl (C=O) groups excluding carboxylic acids is 1. The quantitative estimate of drug-likeness (QED) is 0.862. The van der Waals surface area contributed by atoms with E-state index in [1.165, 1.54) is 6.26 Å². The number of aromatic nitrogens is 1. The van der Waals surface area contributed by atoms with Crippen LogP contribution in [0.3, 0.4) is 0 Å². The Morgan fingerprint density at radius 3 is 2.29 bits per heavy atom. The smallest absolute Gasteiger partial charge is 0.273 e. The van der Waals surface area contributed by atoms with Crippen LogP contribution in [0.1, 0.15) is 57.9 Å². The minimum atomic E-state index is -0.181. The molecule has 4 nitrogen and oxygen atoms in total. The first kappa shape index (κ1) is 13.7. The lowest BCUT2D eigenvalue weighted by Crippen LogP contribution is -2.32. The minimum absolute atomic E-state index is 0.0618. The van der Waals surface area contributed by atoms with Gasteiger partial charge in [-0.05, 0) is 5.41 Å². The summed E-state index contributed by atoms with van der Waals surface area (Å²) < 4.78 is 5.31. The van der Waals surface area contributed by atoms with Crippen molar-refractivity contribution in [3.63, 3.8) is 0 Å². The fraction of sp³-hybridized carbons (Fsp3) is 0.692. The summed E-state index contributed by atoms with van der Waals surface area (Å²) in [6.07, 6.45) is 1.42. The van der Waals surface area contributed by atoms with Gasteiger partial charge in [-0.1, -0.05) is 41.5 Å². The van der Waals surface area contributed by atoms with Crippen molar-refractivity contribution in [2.75, 3.05) is 6.54 Å². The molecule has 0 aliphatic rings. The Kier molecular flexibility index (Phi) is 3.65. The molecule has 4 heteroatoms. The number of hydrogen-bond acceptors (Lipinski definition) is 3. The van der Waals surface area contributed by atoms with Crippen LogP contribution >= 0.6 is 0 Å². The molecule has 1 heterocycles. The number of rotatable bonds is 2. The van der Waals surface area contributed by atoms with Crippen LogP contribution in [0, 0.1) is 5.41 Å². The molecule has 0 unspecified atom stereocenters. The Morgan fingerprint density at radius 2 is 1.88 bits per heavy atom. The van der Waals surface area contributed by atoms with Crippen LogP contribution in [0.25, 0.3) is 0 Å². The zero-order valence-electron chi connectivity index (χ0n) is 11.5. The molecular formula is C13H22N2O2. The molecule has 0 atom stereocenters. The highest BCUT2D eigenvalue weighted by Crippen LogP contribution is 2.21. The highest BCUT2D eigenvalue weighted by Gasteiger charge is 2.22. The van der Waals surface area contributed by atoms with Gasteiger partial charge in [-0.3, -0.25) is 4.79 Å². The fourth-order valence-corrected chi connectivity index (χ4v) is 1.16. The minimum Gasteiger partial charge on any atom is -0.448 e. The van der Waals surface area contributed by atoms with E-state index >= 15 is 0 Å². The van der Waals surface area contributed by atoms with Gasteiger partial charge >= 0.3 is 0 Å². The standard InChI is InChI=1S/C13H22N2O2/c1-12(2,3)8-14-10(16)9-7-17-11(15-9)13(4,5)6/h7H,8H2,1-6H3,(H,14,16). The topological polar surface area (TPSA) is 55.1 Å². The molecule has 1 aromatic heterocycles. The third-order valence-corrected chi connectivity index (χ3v) is 2.16. The maximum Gasteiger partial charge on any atom is 0.273 e. The second-order valence-corrected chi connectivity index (χ2v) is 6.53. The first-order valence-corrected chi connectivity index (χ1v) is 5.84. The SMILES string of the molecule is CC(C)(C)CNC(=O)c1coc(C(C)(C)C)n1. The molecule has 0 aliphatic heterocycles. The molecule has 1 N–H and O–H groups in total. The Bertz CT molecular complexity index is 394. The molecule has 0 radical (unpaired) electrons. The zero-order valence-corrected chi connectivity index (χ0v) is 11.5. The summed E-state index contributed by atoms with van der Waals surface area (Å²) in [7, 11) is 0. The summed E-state index contributed by atoms with van der Waals surface area (Å²) in [5.41, 5.74) is 0.230. The molecular weight excluding hydrogens is 216 g/mol. The van der Waals surface area contributed by atoms with Crippen LogP contribution in [0.2, 0.25) is 0 Å². The van der Waals surface area contributed by atoms with Gasteiger partial charge in [0.25, 0.3) is 5.91 Å². The normalized spacial score (nSPS) is 12.6. The molecule has 1 rings (SSSR count). The molecule has 17 heavy (non-hydrogen) atoms. The molecule has 0 bridgehead atoms. The van der Waals surface area contributed by atoms with Crippen molar-refractivity contribution in [1.29, 1.82) is 0 Å². The van der Waals surface area contributed by atoms with Gasteiger partial charge in [0.1, 0.15) is 6.26 Å². The van der Waals surface area contributed by atoms with E-state index in [-0.39, 0.29) is 16.7 Å². The molecule has 0 fully saturated rings.